The molecule has 0 bridgehead atoms. The number of hydrazine groups is 1. The second-order valence-corrected chi connectivity index (χ2v) is 6.99. The first-order chi connectivity index (χ1) is 12.8. The number of benzene rings is 2. The summed E-state index contributed by atoms with van der Waals surface area (Å²) in [7, 11) is 0. The molecule has 0 aliphatic heterocycles. The molecule has 0 aliphatic rings. The van der Waals surface area contributed by atoms with Crippen molar-refractivity contribution in [3.63, 3.8) is 0 Å². The zero-order chi connectivity index (χ0) is 20.0. The zero-order valence-corrected chi connectivity index (χ0v) is 16.7. The number of rotatable bonds is 7. The Hall–Kier alpha value is -2.66. The van der Waals surface area contributed by atoms with E-state index in [1.54, 1.807) is 6.07 Å². The van der Waals surface area contributed by atoms with Crippen LogP contribution in [-0.2, 0) is 4.79 Å². The molecule has 0 fully saturated rings. The van der Waals surface area contributed by atoms with E-state index in [1.807, 2.05) is 18.2 Å². The van der Waals surface area contributed by atoms with Crippen LogP contribution in [0.4, 0.5) is 11.4 Å². The van der Waals surface area contributed by atoms with Gasteiger partial charge in [-0.15, -0.1) is 0 Å². The van der Waals surface area contributed by atoms with Crippen molar-refractivity contribution in [3.05, 3.63) is 79.0 Å². The molecule has 0 aliphatic carbocycles. The molecule has 27 heavy (non-hydrogen) atoms. The summed E-state index contributed by atoms with van der Waals surface area (Å²) in [6, 6.07) is 10.9. The lowest BCUT2D eigenvalue weighted by Crippen LogP contribution is -2.37. The van der Waals surface area contributed by atoms with Crippen LogP contribution in [-0.4, -0.2) is 16.7 Å². The maximum Gasteiger partial charge on any atom is 0.287 e. The van der Waals surface area contributed by atoms with Crippen molar-refractivity contribution in [3.8, 4) is 0 Å². The molecular weight excluding hydrogens is 487 g/mol. The lowest BCUT2D eigenvalue weighted by atomic mass is 10.2. The molecule has 2 aromatic rings. The second-order valence-electron chi connectivity index (χ2n) is 5.34. The van der Waals surface area contributed by atoms with Gasteiger partial charge in [0, 0.05) is 26.6 Å². The summed E-state index contributed by atoms with van der Waals surface area (Å²) in [6.45, 7) is 3.67. The van der Waals surface area contributed by atoms with Crippen LogP contribution in [0, 0.1) is 13.7 Å². The number of nitrogens with one attached hydrogen (secondary N) is 3. The summed E-state index contributed by atoms with van der Waals surface area (Å²) < 4.78 is 0.983. The maximum atomic E-state index is 12.1. The first-order valence-corrected chi connectivity index (χ1v) is 8.95. The van der Waals surface area contributed by atoms with Gasteiger partial charge in [0.05, 0.1) is 11.3 Å². The number of halogens is 2. The highest BCUT2D eigenvalue weighted by atomic mass is 127. The summed E-state index contributed by atoms with van der Waals surface area (Å²) in [6.07, 6.45) is -0.0627. The van der Waals surface area contributed by atoms with E-state index in [2.05, 4.69) is 45.3 Å². The summed E-state index contributed by atoms with van der Waals surface area (Å²) in [5, 5.41) is 13.3. The molecule has 0 atom stereocenters. The molecule has 10 heteroatoms. The van der Waals surface area contributed by atoms with E-state index in [4.69, 9.17) is 11.6 Å². The van der Waals surface area contributed by atoms with Crippen molar-refractivity contribution >= 4 is 57.4 Å². The Morgan fingerprint density at radius 2 is 1.93 bits per heavy atom. The molecule has 0 saturated carbocycles. The van der Waals surface area contributed by atoms with Gasteiger partial charge in [0.15, 0.2) is 0 Å². The first kappa shape index (κ1) is 20.6. The van der Waals surface area contributed by atoms with Crippen LogP contribution < -0.4 is 16.2 Å². The minimum absolute atomic E-state index is 0.0627. The maximum absolute atomic E-state index is 12.1. The summed E-state index contributed by atoms with van der Waals surface area (Å²) in [5.74, 6) is -0.881. The molecule has 140 valence electrons. The van der Waals surface area contributed by atoms with Crippen molar-refractivity contribution < 1.29 is 14.5 Å². The van der Waals surface area contributed by atoms with Crippen molar-refractivity contribution in [1.29, 1.82) is 0 Å². The average molecular weight is 501 g/mol. The molecule has 2 rings (SSSR count). The van der Waals surface area contributed by atoms with Crippen molar-refractivity contribution in [2.75, 3.05) is 5.32 Å². The molecule has 0 saturated heterocycles. The SMILES string of the molecule is C=C(CC(=O)Nc1cccc(I)c1)NNC(=O)c1ccc([N+](=O)[O-])c(Cl)c1. The van der Waals surface area contributed by atoms with Crippen molar-refractivity contribution in [2.24, 2.45) is 0 Å². The van der Waals surface area contributed by atoms with E-state index in [1.165, 1.54) is 12.1 Å². The van der Waals surface area contributed by atoms with Crippen LogP contribution in [0.15, 0.2) is 54.7 Å². The van der Waals surface area contributed by atoms with Crippen LogP contribution in [0.25, 0.3) is 0 Å². The van der Waals surface area contributed by atoms with Gasteiger partial charge in [-0.2, -0.15) is 0 Å². The number of nitro benzene ring substituents is 1. The monoisotopic (exact) mass is 500 g/mol. The standard InChI is InChI=1S/C17H14ClIN4O4/c1-10(7-16(24)20-13-4-2-3-12(19)9-13)21-22-17(25)11-5-6-15(23(26)27)14(18)8-11/h2-6,8-9,21H,1,7H2,(H,20,24)(H,22,25). The van der Waals surface area contributed by atoms with Gasteiger partial charge in [-0.05, 0) is 52.9 Å². The Labute approximate surface area is 173 Å². The van der Waals surface area contributed by atoms with Crippen LogP contribution in [0.1, 0.15) is 16.8 Å². The molecule has 0 radical (unpaired) electrons. The Morgan fingerprint density at radius 3 is 2.56 bits per heavy atom. The Balaban J connectivity index is 1.86. The van der Waals surface area contributed by atoms with Gasteiger partial charge >= 0.3 is 0 Å². The smallest absolute Gasteiger partial charge is 0.287 e. The highest BCUT2D eigenvalue weighted by Gasteiger charge is 2.15. The van der Waals surface area contributed by atoms with Gasteiger partial charge < -0.3 is 10.7 Å². The molecule has 0 unspecified atom stereocenters. The third-order valence-electron chi connectivity index (χ3n) is 3.24. The highest BCUT2D eigenvalue weighted by molar-refractivity contribution is 14.1. The Bertz CT molecular complexity index is 920. The fraction of sp³-hybridized carbons (Fsp3) is 0.0588. The normalized spacial score (nSPS) is 10.0. The lowest BCUT2D eigenvalue weighted by Gasteiger charge is -2.11. The highest BCUT2D eigenvalue weighted by Crippen LogP contribution is 2.24. The van der Waals surface area contributed by atoms with Crippen LogP contribution in [0.3, 0.4) is 0 Å². The number of anilines is 1. The Kier molecular flexibility index (Phi) is 7.13. The molecule has 2 aromatic carbocycles. The van der Waals surface area contributed by atoms with Gasteiger partial charge in [0.2, 0.25) is 5.91 Å². The van der Waals surface area contributed by atoms with E-state index in [9.17, 15) is 19.7 Å². The topological polar surface area (TPSA) is 113 Å². The molecule has 0 aromatic heterocycles. The molecular formula is C17H14ClIN4O4. The van der Waals surface area contributed by atoms with Crippen molar-refractivity contribution in [2.45, 2.75) is 6.42 Å². The van der Waals surface area contributed by atoms with Crippen LogP contribution in [0.2, 0.25) is 5.02 Å². The minimum Gasteiger partial charge on any atom is -0.326 e. The summed E-state index contributed by atoms with van der Waals surface area (Å²) >= 11 is 7.91. The predicted octanol–water partition coefficient (Wildman–Crippen LogP) is 3.63. The van der Waals surface area contributed by atoms with E-state index < -0.39 is 10.8 Å². The number of hydrogen-bond donors (Lipinski definition) is 3. The van der Waals surface area contributed by atoms with E-state index in [0.717, 1.165) is 9.64 Å². The van der Waals surface area contributed by atoms with Crippen LogP contribution in [0.5, 0.6) is 0 Å². The Morgan fingerprint density at radius 1 is 1.19 bits per heavy atom. The number of carbonyl (C=O) groups excluding carboxylic acids is 2. The minimum atomic E-state index is -0.642. The fourth-order valence-corrected chi connectivity index (χ4v) is 2.82. The molecule has 0 spiro atoms. The number of hydrogen-bond acceptors (Lipinski definition) is 5. The van der Waals surface area contributed by atoms with Crippen LogP contribution >= 0.6 is 34.2 Å². The fourth-order valence-electron chi connectivity index (χ4n) is 2.02. The molecule has 3 N–H and O–H groups in total. The molecule has 2 amide bonds. The quantitative estimate of drug-likeness (QED) is 0.305. The van der Waals surface area contributed by atoms with Crippen molar-refractivity contribution in [1.82, 2.24) is 10.9 Å². The molecule has 8 nitrogen and oxygen atoms in total. The zero-order valence-electron chi connectivity index (χ0n) is 13.8. The average Bonchev–Trinajstić information content (AvgIpc) is 2.59. The molecule has 0 heterocycles. The van der Waals surface area contributed by atoms with E-state index in [0.29, 0.717) is 5.69 Å². The largest absolute Gasteiger partial charge is 0.326 e. The van der Waals surface area contributed by atoms with Gasteiger partial charge in [-0.1, -0.05) is 24.2 Å². The number of nitro groups is 1. The number of amides is 2. The van der Waals surface area contributed by atoms with E-state index >= 15 is 0 Å². The number of carbonyl (C=O) groups is 2. The lowest BCUT2D eigenvalue weighted by molar-refractivity contribution is -0.384. The summed E-state index contributed by atoms with van der Waals surface area (Å²) in [5.41, 5.74) is 5.63. The van der Waals surface area contributed by atoms with Gasteiger partial charge in [0.25, 0.3) is 11.6 Å². The summed E-state index contributed by atoms with van der Waals surface area (Å²) in [4.78, 5) is 34.1. The predicted molar refractivity (Wildman–Crippen MR) is 110 cm³/mol. The number of nitrogens with zero attached hydrogens (tertiary/aromatic N) is 1. The third kappa shape index (κ3) is 6.22. The first-order valence-electron chi connectivity index (χ1n) is 7.50. The van der Waals surface area contributed by atoms with Gasteiger partial charge in [-0.3, -0.25) is 25.1 Å². The van der Waals surface area contributed by atoms with E-state index in [-0.39, 0.29) is 34.3 Å². The second kappa shape index (κ2) is 9.33. The van der Waals surface area contributed by atoms with Gasteiger partial charge in [-0.25, -0.2) is 0 Å². The third-order valence-corrected chi connectivity index (χ3v) is 4.22. The van der Waals surface area contributed by atoms with Gasteiger partial charge in [0.1, 0.15) is 5.02 Å².